The molecule has 3 rings (SSSR count). The second-order valence-corrected chi connectivity index (χ2v) is 5.94. The summed E-state index contributed by atoms with van der Waals surface area (Å²) in [4.78, 5) is 7.43. The maximum atomic E-state index is 6.16. The molecule has 0 bridgehead atoms. The lowest BCUT2D eigenvalue weighted by molar-refractivity contribution is 0.202. The van der Waals surface area contributed by atoms with Gasteiger partial charge in [0.05, 0.1) is 17.9 Å². The molecule has 0 radical (unpaired) electrons. The Morgan fingerprint density at radius 3 is 2.89 bits per heavy atom. The van der Waals surface area contributed by atoms with Gasteiger partial charge < -0.3 is 10.3 Å². The van der Waals surface area contributed by atoms with Crippen molar-refractivity contribution in [1.29, 1.82) is 0 Å². The highest BCUT2D eigenvalue weighted by atomic mass is 15.2. The molecule has 2 unspecified atom stereocenters. The van der Waals surface area contributed by atoms with Crippen LogP contribution >= 0.6 is 0 Å². The van der Waals surface area contributed by atoms with Gasteiger partial charge >= 0.3 is 0 Å². The first-order valence-corrected chi connectivity index (χ1v) is 7.26. The zero-order valence-electron chi connectivity index (χ0n) is 11.5. The van der Waals surface area contributed by atoms with Crippen LogP contribution in [0, 0.1) is 0 Å². The Balaban J connectivity index is 1.88. The third-order valence-electron chi connectivity index (χ3n) is 4.38. The predicted octanol–water partition coefficient (Wildman–Crippen LogP) is 2.22. The zero-order valence-corrected chi connectivity index (χ0v) is 11.5. The van der Waals surface area contributed by atoms with Crippen molar-refractivity contribution in [3.63, 3.8) is 0 Å². The summed E-state index contributed by atoms with van der Waals surface area (Å²) in [6, 6.07) is 1.11. The van der Waals surface area contributed by atoms with E-state index in [9.17, 15) is 0 Å². The van der Waals surface area contributed by atoms with E-state index in [0.717, 1.165) is 12.8 Å². The van der Waals surface area contributed by atoms with Crippen LogP contribution in [0.25, 0.3) is 0 Å². The van der Waals surface area contributed by atoms with Gasteiger partial charge in [-0.2, -0.15) is 0 Å². The topological polar surface area (TPSA) is 47.1 Å². The number of likely N-dealkylation sites (tertiary alicyclic amines) is 1. The molecule has 2 aliphatic rings. The molecule has 18 heavy (non-hydrogen) atoms. The highest BCUT2D eigenvalue weighted by Crippen LogP contribution is 2.34. The number of aromatic nitrogens is 2. The third kappa shape index (κ3) is 1.97. The standard InChI is InChI=1S/C14H24N4/c1-10(2)17-8-4-5-12(17)11-9-18-13(15)6-3-7-14(18)16-11/h9-10,12-13H,3-8,15H2,1-2H3. The van der Waals surface area contributed by atoms with Gasteiger partial charge in [-0.05, 0) is 46.1 Å². The van der Waals surface area contributed by atoms with Gasteiger partial charge in [0.2, 0.25) is 0 Å². The molecule has 100 valence electrons. The number of imidazole rings is 1. The van der Waals surface area contributed by atoms with Crippen LogP contribution in [0.2, 0.25) is 0 Å². The first-order chi connectivity index (χ1) is 8.66. The molecule has 3 heterocycles. The quantitative estimate of drug-likeness (QED) is 0.873. The molecule has 2 aliphatic heterocycles. The van der Waals surface area contributed by atoms with E-state index in [1.807, 2.05) is 0 Å². The fourth-order valence-corrected chi connectivity index (χ4v) is 3.42. The van der Waals surface area contributed by atoms with Crippen molar-refractivity contribution in [3.8, 4) is 0 Å². The van der Waals surface area contributed by atoms with E-state index in [1.54, 1.807) is 0 Å². The lowest BCUT2D eigenvalue weighted by atomic mass is 10.1. The summed E-state index contributed by atoms with van der Waals surface area (Å²) in [6.45, 7) is 5.76. The monoisotopic (exact) mass is 248 g/mol. The van der Waals surface area contributed by atoms with Crippen molar-refractivity contribution >= 4 is 0 Å². The minimum Gasteiger partial charge on any atom is -0.319 e. The summed E-state index contributed by atoms with van der Waals surface area (Å²) in [5, 5.41) is 0. The van der Waals surface area contributed by atoms with Gasteiger partial charge in [0.15, 0.2) is 0 Å². The molecule has 2 atom stereocenters. The molecule has 0 amide bonds. The molecule has 1 aromatic rings. The van der Waals surface area contributed by atoms with Crippen LogP contribution in [0.1, 0.15) is 63.3 Å². The minimum absolute atomic E-state index is 0.143. The summed E-state index contributed by atoms with van der Waals surface area (Å²) in [5.74, 6) is 1.19. The van der Waals surface area contributed by atoms with Crippen LogP contribution in [0.15, 0.2) is 6.20 Å². The minimum atomic E-state index is 0.143. The molecule has 1 fully saturated rings. The highest BCUT2D eigenvalue weighted by Gasteiger charge is 2.31. The number of nitrogens with zero attached hydrogens (tertiary/aromatic N) is 3. The molecule has 0 aromatic carbocycles. The van der Waals surface area contributed by atoms with Crippen LogP contribution in [-0.2, 0) is 6.42 Å². The summed E-state index contributed by atoms with van der Waals surface area (Å²) in [5.41, 5.74) is 7.41. The smallest absolute Gasteiger partial charge is 0.110 e. The fourth-order valence-electron chi connectivity index (χ4n) is 3.42. The Labute approximate surface area is 109 Å². The molecule has 0 spiro atoms. The number of fused-ring (bicyclic) bond motifs is 1. The SMILES string of the molecule is CC(C)N1CCCC1c1cn2c(n1)CCCC2N. The molecular formula is C14H24N4. The van der Waals surface area contributed by atoms with Crippen LogP contribution in [-0.4, -0.2) is 27.0 Å². The second kappa shape index (κ2) is 4.67. The number of hydrogen-bond acceptors (Lipinski definition) is 3. The molecular weight excluding hydrogens is 224 g/mol. The summed E-state index contributed by atoms with van der Waals surface area (Å²) < 4.78 is 2.20. The molecule has 4 heteroatoms. The zero-order chi connectivity index (χ0) is 12.7. The normalized spacial score (nSPS) is 28.9. The van der Waals surface area contributed by atoms with Crippen LogP contribution < -0.4 is 5.73 Å². The van der Waals surface area contributed by atoms with Crippen LogP contribution in [0.3, 0.4) is 0 Å². The van der Waals surface area contributed by atoms with Crippen molar-refractivity contribution in [1.82, 2.24) is 14.5 Å². The van der Waals surface area contributed by atoms with E-state index in [-0.39, 0.29) is 6.17 Å². The van der Waals surface area contributed by atoms with Gasteiger partial charge in [0.25, 0.3) is 0 Å². The van der Waals surface area contributed by atoms with E-state index >= 15 is 0 Å². The number of rotatable bonds is 2. The highest BCUT2D eigenvalue weighted by molar-refractivity contribution is 5.13. The van der Waals surface area contributed by atoms with Gasteiger partial charge in [-0.1, -0.05) is 0 Å². The third-order valence-corrected chi connectivity index (χ3v) is 4.38. The van der Waals surface area contributed by atoms with Gasteiger partial charge in [0, 0.05) is 18.7 Å². The average molecular weight is 248 g/mol. The molecule has 0 aliphatic carbocycles. The maximum absolute atomic E-state index is 6.16. The van der Waals surface area contributed by atoms with Gasteiger partial charge in [-0.3, -0.25) is 4.90 Å². The summed E-state index contributed by atoms with van der Waals surface area (Å²) in [7, 11) is 0. The summed E-state index contributed by atoms with van der Waals surface area (Å²) >= 11 is 0. The van der Waals surface area contributed by atoms with Gasteiger partial charge in [-0.25, -0.2) is 4.98 Å². The van der Waals surface area contributed by atoms with Crippen LogP contribution in [0.4, 0.5) is 0 Å². The van der Waals surface area contributed by atoms with Crippen molar-refractivity contribution < 1.29 is 0 Å². The Hall–Kier alpha value is -0.870. The summed E-state index contributed by atoms with van der Waals surface area (Å²) in [6.07, 6.45) is 8.23. The maximum Gasteiger partial charge on any atom is 0.110 e. The number of hydrogen-bond donors (Lipinski definition) is 1. The van der Waals surface area contributed by atoms with Crippen LogP contribution in [0.5, 0.6) is 0 Å². The first kappa shape index (κ1) is 12.2. The van der Waals surface area contributed by atoms with E-state index in [2.05, 4.69) is 29.5 Å². The Kier molecular flexibility index (Phi) is 3.16. The number of aryl methyl sites for hydroxylation is 1. The molecule has 1 aromatic heterocycles. The van der Waals surface area contributed by atoms with Crippen molar-refractivity contribution in [2.45, 2.75) is 64.2 Å². The Bertz CT molecular complexity index is 423. The molecule has 0 saturated carbocycles. The van der Waals surface area contributed by atoms with E-state index in [1.165, 1.54) is 37.3 Å². The largest absolute Gasteiger partial charge is 0.319 e. The van der Waals surface area contributed by atoms with Crippen molar-refractivity contribution in [2.75, 3.05) is 6.54 Å². The van der Waals surface area contributed by atoms with E-state index in [0.29, 0.717) is 12.1 Å². The van der Waals surface area contributed by atoms with Gasteiger partial charge in [-0.15, -0.1) is 0 Å². The molecule has 4 nitrogen and oxygen atoms in total. The average Bonchev–Trinajstić information content (AvgIpc) is 2.95. The van der Waals surface area contributed by atoms with Crippen molar-refractivity contribution in [3.05, 3.63) is 17.7 Å². The molecule has 2 N–H and O–H groups in total. The second-order valence-electron chi connectivity index (χ2n) is 5.94. The first-order valence-electron chi connectivity index (χ1n) is 7.26. The van der Waals surface area contributed by atoms with Crippen molar-refractivity contribution in [2.24, 2.45) is 5.73 Å². The lowest BCUT2D eigenvalue weighted by Gasteiger charge is -2.26. The lowest BCUT2D eigenvalue weighted by Crippen LogP contribution is -2.30. The van der Waals surface area contributed by atoms with E-state index in [4.69, 9.17) is 10.7 Å². The fraction of sp³-hybridized carbons (Fsp3) is 0.786. The van der Waals surface area contributed by atoms with E-state index < -0.39 is 0 Å². The Morgan fingerprint density at radius 2 is 2.17 bits per heavy atom. The number of nitrogens with two attached hydrogens (primary N) is 1. The Morgan fingerprint density at radius 1 is 1.33 bits per heavy atom. The predicted molar refractivity (Wildman–Crippen MR) is 72.2 cm³/mol. The van der Waals surface area contributed by atoms with Gasteiger partial charge in [0.1, 0.15) is 5.82 Å². The molecule has 1 saturated heterocycles.